The van der Waals surface area contributed by atoms with Crippen LogP contribution in [0.25, 0.3) is 0 Å². The van der Waals surface area contributed by atoms with Crippen molar-refractivity contribution in [1.29, 1.82) is 0 Å². The number of carbonyl (C=O) groups excluding carboxylic acids is 4. The fraction of sp³-hybridized carbons (Fsp3) is 0.419. The first-order chi connectivity index (χ1) is 33.0. The Morgan fingerprint density at radius 3 is 1.21 bits per heavy atom. The lowest BCUT2D eigenvalue weighted by atomic mass is 9.79. The maximum Gasteiger partial charge on any atom is 0.343 e. The van der Waals surface area contributed by atoms with Gasteiger partial charge in [0.1, 0.15) is 34.2 Å². The standard InChI is InChI=1S/C62H76O8/c1-17-61(16,18-2)69-58-42(11)31-49(32-43(58)12)36-48-29-40(9)57(41(10)30-48)68-60(66)52-23-21-51(22-24-52)55(65)46(15)62(19-3,20-4)70-59-44(13)33-50(34-45(59)14)35-47-27-38(7)56(39(8)28-47)67-54(64)26-25-53(63)37(5)6/h21-34,37,46H,17-20,35-36H2,1-16H3. The van der Waals surface area contributed by atoms with Gasteiger partial charge < -0.3 is 18.9 Å². The van der Waals surface area contributed by atoms with Gasteiger partial charge in [-0.2, -0.15) is 0 Å². The van der Waals surface area contributed by atoms with Gasteiger partial charge in [-0.15, -0.1) is 0 Å². The predicted octanol–water partition coefficient (Wildman–Crippen LogP) is 14.7. The molecule has 0 aliphatic carbocycles. The van der Waals surface area contributed by atoms with Crippen LogP contribution in [0.2, 0.25) is 0 Å². The van der Waals surface area contributed by atoms with Crippen molar-refractivity contribution in [2.45, 2.75) is 161 Å². The van der Waals surface area contributed by atoms with Crippen molar-refractivity contribution < 1.29 is 38.1 Å². The highest BCUT2D eigenvalue weighted by Gasteiger charge is 2.40. The minimum absolute atomic E-state index is 0.0642. The maximum absolute atomic E-state index is 14.3. The predicted molar refractivity (Wildman–Crippen MR) is 282 cm³/mol. The van der Waals surface area contributed by atoms with Gasteiger partial charge in [0.2, 0.25) is 0 Å². The first-order valence-electron chi connectivity index (χ1n) is 25.1. The molecule has 0 fully saturated rings. The molecule has 0 heterocycles. The number of allylic oxidation sites excluding steroid dienone is 1. The number of hydrogen-bond acceptors (Lipinski definition) is 8. The molecule has 0 N–H and O–H groups in total. The van der Waals surface area contributed by atoms with E-state index in [-0.39, 0.29) is 23.1 Å². The van der Waals surface area contributed by atoms with Crippen LogP contribution < -0.4 is 18.9 Å². The summed E-state index contributed by atoms with van der Waals surface area (Å²) >= 11 is 0. The smallest absolute Gasteiger partial charge is 0.343 e. The van der Waals surface area contributed by atoms with Gasteiger partial charge in [-0.25, -0.2) is 9.59 Å². The van der Waals surface area contributed by atoms with E-state index in [0.29, 0.717) is 41.9 Å². The van der Waals surface area contributed by atoms with Gasteiger partial charge in [0, 0.05) is 17.6 Å². The summed E-state index contributed by atoms with van der Waals surface area (Å²) < 4.78 is 25.1. The SMILES string of the molecule is CCC(C)(CC)Oc1c(C)cc(Cc2cc(C)c(OC(=O)c3ccc(C(=O)C(C)C(CC)(CC)Oc4c(C)cc(Cc5cc(C)c(OC(=O)C=CC(=O)C(C)C)c(C)c5)cc4C)cc3)c(C)c2)cc1C. The average Bonchev–Trinajstić information content (AvgIpc) is 3.31. The van der Waals surface area contributed by atoms with E-state index in [0.717, 1.165) is 92.0 Å². The minimum atomic E-state index is -0.785. The summed E-state index contributed by atoms with van der Waals surface area (Å²) in [6.07, 6.45) is 6.93. The number of esters is 2. The second kappa shape index (κ2) is 23.1. The summed E-state index contributed by atoms with van der Waals surface area (Å²) in [7, 11) is 0. The molecule has 0 radical (unpaired) electrons. The zero-order valence-electron chi connectivity index (χ0n) is 44.7. The van der Waals surface area contributed by atoms with Crippen molar-refractivity contribution in [1.82, 2.24) is 0 Å². The van der Waals surface area contributed by atoms with Gasteiger partial charge >= 0.3 is 11.9 Å². The average molecular weight is 949 g/mol. The number of hydrogen-bond donors (Lipinski definition) is 0. The highest BCUT2D eigenvalue weighted by molar-refractivity contribution is 6.00. The molecule has 5 aromatic rings. The molecule has 0 bridgehead atoms. The van der Waals surface area contributed by atoms with Crippen LogP contribution in [0.5, 0.6) is 23.0 Å². The Hall–Kier alpha value is -6.28. The molecule has 1 unspecified atom stereocenters. The van der Waals surface area contributed by atoms with Crippen molar-refractivity contribution in [2.75, 3.05) is 0 Å². The molecule has 8 heteroatoms. The monoisotopic (exact) mass is 949 g/mol. The lowest BCUT2D eigenvalue weighted by Gasteiger charge is -2.38. The molecule has 372 valence electrons. The molecule has 0 aliphatic heterocycles. The lowest BCUT2D eigenvalue weighted by Crippen LogP contribution is -2.45. The van der Waals surface area contributed by atoms with Crippen LogP contribution in [0.4, 0.5) is 0 Å². The second-order valence-corrected chi connectivity index (χ2v) is 20.1. The summed E-state index contributed by atoms with van der Waals surface area (Å²) in [6.45, 7) is 32.1. The Balaban J connectivity index is 1.25. The molecule has 0 saturated heterocycles. The number of aryl methyl sites for hydroxylation is 8. The first-order valence-corrected chi connectivity index (χ1v) is 25.1. The third-order valence-corrected chi connectivity index (χ3v) is 14.2. The van der Waals surface area contributed by atoms with Gasteiger partial charge in [0.15, 0.2) is 11.6 Å². The van der Waals surface area contributed by atoms with Crippen LogP contribution >= 0.6 is 0 Å². The van der Waals surface area contributed by atoms with E-state index in [4.69, 9.17) is 18.9 Å². The number of ketones is 2. The van der Waals surface area contributed by atoms with E-state index in [9.17, 15) is 19.2 Å². The number of ether oxygens (including phenoxy) is 4. The fourth-order valence-electron chi connectivity index (χ4n) is 9.51. The van der Waals surface area contributed by atoms with Crippen molar-refractivity contribution in [2.24, 2.45) is 11.8 Å². The third-order valence-electron chi connectivity index (χ3n) is 14.2. The van der Waals surface area contributed by atoms with E-state index in [1.54, 1.807) is 38.1 Å². The zero-order chi connectivity index (χ0) is 51.8. The number of Topliss-reactive ketones (excluding diaryl/α,β-unsaturated/α-hetero) is 1. The summed E-state index contributed by atoms with van der Waals surface area (Å²) in [4.78, 5) is 52.3. The molecule has 1 atom stereocenters. The number of carbonyl (C=O) groups is 4. The molecule has 0 aliphatic rings. The van der Waals surface area contributed by atoms with Crippen LogP contribution in [0, 0.1) is 67.2 Å². The molecule has 8 nitrogen and oxygen atoms in total. The summed E-state index contributed by atoms with van der Waals surface area (Å²) in [6, 6.07) is 23.6. The fourth-order valence-corrected chi connectivity index (χ4v) is 9.51. The molecule has 5 aromatic carbocycles. The van der Waals surface area contributed by atoms with Gasteiger partial charge in [-0.05, 0) is 186 Å². The normalized spacial score (nSPS) is 12.3. The van der Waals surface area contributed by atoms with E-state index < -0.39 is 23.5 Å². The molecular weight excluding hydrogens is 873 g/mol. The van der Waals surface area contributed by atoms with Gasteiger partial charge in [0.05, 0.1) is 11.5 Å². The Labute approximate surface area is 418 Å². The van der Waals surface area contributed by atoms with E-state index >= 15 is 0 Å². The highest BCUT2D eigenvalue weighted by atomic mass is 16.5. The van der Waals surface area contributed by atoms with Crippen LogP contribution in [0.1, 0.15) is 169 Å². The molecule has 5 rings (SSSR count). The largest absolute Gasteiger partial charge is 0.487 e. The van der Waals surface area contributed by atoms with E-state index in [1.807, 2.05) is 60.6 Å². The highest BCUT2D eigenvalue weighted by Crippen LogP contribution is 2.39. The number of rotatable bonds is 21. The maximum atomic E-state index is 14.3. The molecular formula is C62H76O8. The van der Waals surface area contributed by atoms with Gasteiger partial charge in [-0.1, -0.05) is 109 Å². The Morgan fingerprint density at radius 1 is 0.486 bits per heavy atom. The van der Waals surface area contributed by atoms with Gasteiger partial charge in [-0.3, -0.25) is 9.59 Å². The quantitative estimate of drug-likeness (QED) is 0.0310. The molecule has 0 aromatic heterocycles. The zero-order valence-corrected chi connectivity index (χ0v) is 44.7. The molecule has 0 saturated carbocycles. The minimum Gasteiger partial charge on any atom is -0.487 e. The van der Waals surface area contributed by atoms with Crippen molar-refractivity contribution in [3.8, 4) is 23.0 Å². The summed E-state index contributed by atoms with van der Waals surface area (Å²) in [5.74, 6) is 0.787. The van der Waals surface area contributed by atoms with Crippen LogP contribution in [0.3, 0.4) is 0 Å². The first kappa shape index (κ1) is 54.7. The Bertz CT molecular complexity index is 2670. The topological polar surface area (TPSA) is 105 Å². The Kier molecular flexibility index (Phi) is 18.0. The molecule has 0 amide bonds. The summed E-state index contributed by atoms with van der Waals surface area (Å²) in [5.41, 5.74) is 12.0. The molecule has 0 spiro atoms. The van der Waals surface area contributed by atoms with Gasteiger partial charge in [0.25, 0.3) is 0 Å². The molecule has 70 heavy (non-hydrogen) atoms. The van der Waals surface area contributed by atoms with E-state index in [2.05, 4.69) is 84.9 Å². The van der Waals surface area contributed by atoms with Crippen molar-refractivity contribution in [3.05, 3.63) is 163 Å². The van der Waals surface area contributed by atoms with Crippen molar-refractivity contribution >= 4 is 23.5 Å². The Morgan fingerprint density at radius 2 is 0.843 bits per heavy atom. The van der Waals surface area contributed by atoms with Crippen LogP contribution in [-0.4, -0.2) is 34.7 Å². The number of benzene rings is 5. The van der Waals surface area contributed by atoms with Crippen LogP contribution in [0.15, 0.2) is 84.9 Å². The van der Waals surface area contributed by atoms with Crippen LogP contribution in [-0.2, 0) is 22.4 Å². The third kappa shape index (κ3) is 12.9. The second-order valence-electron chi connectivity index (χ2n) is 20.1. The van der Waals surface area contributed by atoms with E-state index in [1.165, 1.54) is 17.7 Å². The summed E-state index contributed by atoms with van der Waals surface area (Å²) in [5, 5.41) is 0. The van der Waals surface area contributed by atoms with Crippen molar-refractivity contribution in [3.63, 3.8) is 0 Å². The lowest BCUT2D eigenvalue weighted by molar-refractivity contribution is -0.129.